The van der Waals surface area contributed by atoms with Crippen molar-refractivity contribution in [3.63, 3.8) is 0 Å². The summed E-state index contributed by atoms with van der Waals surface area (Å²) in [6, 6.07) is 0. The van der Waals surface area contributed by atoms with Gasteiger partial charge in [-0.25, -0.2) is 4.98 Å². The number of anilines is 1. The van der Waals surface area contributed by atoms with Crippen LogP contribution in [-0.2, 0) is 11.5 Å². The monoisotopic (exact) mass is 442 g/mol. The van der Waals surface area contributed by atoms with Crippen LogP contribution in [0, 0.1) is 19.8 Å². The first-order valence-corrected chi connectivity index (χ1v) is 10.3. The summed E-state index contributed by atoms with van der Waals surface area (Å²) in [5, 5.41) is 9.49. The molecule has 3 heterocycles. The number of aromatic nitrogens is 3. The summed E-state index contributed by atoms with van der Waals surface area (Å²) in [6.45, 7) is 9.79. The van der Waals surface area contributed by atoms with Crippen LogP contribution in [0.3, 0.4) is 0 Å². The van der Waals surface area contributed by atoms with Crippen molar-refractivity contribution in [2.45, 2.75) is 38.5 Å². The minimum Gasteiger partial charge on any atom is -0.367 e. The SMILES string of the molecule is Cc1nc2sc3c(NCCC(C)C)nn(C)c3c2c(C)c1CI. The molecule has 0 saturated heterocycles. The molecule has 0 bridgehead atoms. The molecule has 6 heteroatoms. The van der Waals surface area contributed by atoms with E-state index in [9.17, 15) is 0 Å². The zero-order valence-corrected chi connectivity index (χ0v) is 17.3. The van der Waals surface area contributed by atoms with E-state index >= 15 is 0 Å². The molecule has 4 nitrogen and oxygen atoms in total. The second-order valence-corrected chi connectivity index (χ2v) is 8.24. The number of rotatable bonds is 5. The van der Waals surface area contributed by atoms with Crippen molar-refractivity contribution in [1.82, 2.24) is 14.8 Å². The second kappa shape index (κ2) is 6.55. The maximum atomic E-state index is 4.85. The third-order valence-electron chi connectivity index (χ3n) is 4.33. The van der Waals surface area contributed by atoms with Gasteiger partial charge in [-0.15, -0.1) is 11.3 Å². The topological polar surface area (TPSA) is 42.7 Å². The number of aryl methyl sites for hydroxylation is 3. The Morgan fingerprint density at radius 1 is 1.30 bits per heavy atom. The quantitative estimate of drug-likeness (QED) is 0.437. The predicted octanol–water partition coefficient (Wildman–Crippen LogP) is 5.19. The highest BCUT2D eigenvalue weighted by Crippen LogP contribution is 2.40. The van der Waals surface area contributed by atoms with E-state index in [4.69, 9.17) is 10.1 Å². The minimum atomic E-state index is 0.696. The zero-order valence-electron chi connectivity index (χ0n) is 14.3. The highest BCUT2D eigenvalue weighted by Gasteiger charge is 2.20. The van der Waals surface area contributed by atoms with Gasteiger partial charge in [-0.1, -0.05) is 36.4 Å². The lowest BCUT2D eigenvalue weighted by Crippen LogP contribution is -2.05. The molecule has 0 aliphatic heterocycles. The zero-order chi connectivity index (χ0) is 16.7. The Bertz CT molecular complexity index is 863. The summed E-state index contributed by atoms with van der Waals surface area (Å²) >= 11 is 4.18. The molecule has 23 heavy (non-hydrogen) atoms. The molecule has 0 fully saturated rings. The second-order valence-electron chi connectivity index (χ2n) is 6.48. The third-order valence-corrected chi connectivity index (χ3v) is 6.18. The number of hydrogen-bond acceptors (Lipinski definition) is 4. The van der Waals surface area contributed by atoms with Crippen molar-refractivity contribution in [1.29, 1.82) is 0 Å². The average molecular weight is 442 g/mol. The molecule has 3 aromatic heterocycles. The fraction of sp³-hybridized carbons (Fsp3) is 0.529. The summed E-state index contributed by atoms with van der Waals surface area (Å²) in [5.41, 5.74) is 5.07. The molecular weight excluding hydrogens is 419 g/mol. The lowest BCUT2D eigenvalue weighted by Gasteiger charge is -2.08. The van der Waals surface area contributed by atoms with E-state index in [0.29, 0.717) is 5.92 Å². The summed E-state index contributed by atoms with van der Waals surface area (Å²) in [5.74, 6) is 1.70. The van der Waals surface area contributed by atoms with E-state index in [1.165, 1.54) is 26.7 Å². The van der Waals surface area contributed by atoms with E-state index < -0.39 is 0 Å². The van der Waals surface area contributed by atoms with Gasteiger partial charge in [0.2, 0.25) is 0 Å². The molecule has 0 unspecified atom stereocenters. The molecule has 1 N–H and O–H groups in total. The van der Waals surface area contributed by atoms with E-state index in [0.717, 1.165) is 33.7 Å². The van der Waals surface area contributed by atoms with Crippen LogP contribution >= 0.6 is 33.9 Å². The van der Waals surface area contributed by atoms with Crippen molar-refractivity contribution >= 4 is 60.2 Å². The van der Waals surface area contributed by atoms with Crippen LogP contribution in [-0.4, -0.2) is 21.3 Å². The molecule has 0 radical (unpaired) electrons. The van der Waals surface area contributed by atoms with Gasteiger partial charge in [0.1, 0.15) is 4.83 Å². The van der Waals surface area contributed by atoms with Crippen molar-refractivity contribution in [2.24, 2.45) is 13.0 Å². The Balaban J connectivity index is 2.15. The van der Waals surface area contributed by atoms with E-state index in [1.807, 2.05) is 11.7 Å². The van der Waals surface area contributed by atoms with Gasteiger partial charge in [0.15, 0.2) is 5.82 Å². The smallest absolute Gasteiger partial charge is 0.166 e. The highest BCUT2D eigenvalue weighted by molar-refractivity contribution is 14.1. The van der Waals surface area contributed by atoms with Gasteiger partial charge in [-0.05, 0) is 37.3 Å². The molecule has 0 aliphatic carbocycles. The van der Waals surface area contributed by atoms with Gasteiger partial charge < -0.3 is 5.32 Å². The van der Waals surface area contributed by atoms with E-state index in [-0.39, 0.29) is 0 Å². The Morgan fingerprint density at radius 2 is 2.04 bits per heavy atom. The molecular formula is C17H23IN4S. The Morgan fingerprint density at radius 3 is 2.70 bits per heavy atom. The number of halogens is 1. The molecule has 0 aliphatic rings. The first-order chi connectivity index (χ1) is 10.9. The van der Waals surface area contributed by atoms with Crippen molar-refractivity contribution in [3.8, 4) is 0 Å². The van der Waals surface area contributed by atoms with Gasteiger partial charge in [0.05, 0.1) is 10.2 Å². The first-order valence-electron chi connectivity index (χ1n) is 7.99. The number of hydrogen-bond donors (Lipinski definition) is 1. The van der Waals surface area contributed by atoms with Crippen molar-refractivity contribution in [2.75, 3.05) is 11.9 Å². The van der Waals surface area contributed by atoms with Crippen molar-refractivity contribution in [3.05, 3.63) is 16.8 Å². The number of thiophene rings is 1. The maximum absolute atomic E-state index is 4.85. The first kappa shape index (κ1) is 17.0. The predicted molar refractivity (Wildman–Crippen MR) is 109 cm³/mol. The number of nitrogens with zero attached hydrogens (tertiary/aromatic N) is 3. The summed E-state index contributed by atoms with van der Waals surface area (Å²) < 4.78 is 4.23. The van der Waals surface area contributed by atoms with Gasteiger partial charge in [0, 0.05) is 29.1 Å². The summed E-state index contributed by atoms with van der Waals surface area (Å²) in [7, 11) is 2.03. The molecule has 0 spiro atoms. The number of fused-ring (bicyclic) bond motifs is 3. The molecule has 0 saturated carbocycles. The Kier molecular flexibility index (Phi) is 4.83. The fourth-order valence-corrected chi connectivity index (χ4v) is 5.37. The van der Waals surface area contributed by atoms with Crippen LogP contribution in [0.25, 0.3) is 20.4 Å². The van der Waals surface area contributed by atoms with Crippen molar-refractivity contribution < 1.29 is 0 Å². The molecule has 3 aromatic rings. The Labute approximate surface area is 154 Å². The Hall–Kier alpha value is -0.890. The largest absolute Gasteiger partial charge is 0.367 e. The number of alkyl halides is 1. The van der Waals surface area contributed by atoms with Crippen LogP contribution in [0.2, 0.25) is 0 Å². The standard InChI is InChI=1S/C17H23IN4S/c1-9(2)6-7-19-16-15-14(22(5)21-16)13-10(3)12(8-18)11(4)20-17(13)23-15/h9H,6-8H2,1-5H3,(H,19,21). The summed E-state index contributed by atoms with van der Waals surface area (Å²) in [6.07, 6.45) is 1.15. The van der Waals surface area contributed by atoms with Crippen LogP contribution in [0.15, 0.2) is 0 Å². The van der Waals surface area contributed by atoms with E-state index in [1.54, 1.807) is 11.3 Å². The fourth-order valence-electron chi connectivity index (χ4n) is 2.98. The van der Waals surface area contributed by atoms with Crippen LogP contribution in [0.4, 0.5) is 5.82 Å². The molecule has 0 aromatic carbocycles. The normalized spacial score (nSPS) is 12.0. The molecule has 0 amide bonds. The molecule has 3 rings (SSSR count). The van der Waals surface area contributed by atoms with Crippen LogP contribution < -0.4 is 5.32 Å². The lowest BCUT2D eigenvalue weighted by molar-refractivity contribution is 0.606. The van der Waals surface area contributed by atoms with Gasteiger partial charge in [0.25, 0.3) is 0 Å². The highest BCUT2D eigenvalue weighted by atomic mass is 127. The van der Waals surface area contributed by atoms with Gasteiger partial charge in [-0.3, -0.25) is 4.68 Å². The summed E-state index contributed by atoms with van der Waals surface area (Å²) in [4.78, 5) is 5.98. The van der Waals surface area contributed by atoms with Crippen LogP contribution in [0.1, 0.15) is 37.1 Å². The minimum absolute atomic E-state index is 0.696. The lowest BCUT2D eigenvalue weighted by atomic mass is 10.1. The van der Waals surface area contributed by atoms with Gasteiger partial charge in [-0.2, -0.15) is 5.10 Å². The maximum Gasteiger partial charge on any atom is 0.166 e. The van der Waals surface area contributed by atoms with E-state index in [2.05, 4.69) is 55.6 Å². The average Bonchev–Trinajstić information content (AvgIpc) is 2.98. The third kappa shape index (κ3) is 2.95. The van der Waals surface area contributed by atoms with Crippen LogP contribution in [0.5, 0.6) is 0 Å². The molecule has 0 atom stereocenters. The number of nitrogens with one attached hydrogen (secondary N) is 1. The van der Waals surface area contributed by atoms with Gasteiger partial charge >= 0.3 is 0 Å². The number of pyridine rings is 1. The molecule has 124 valence electrons.